The number of hydrogen-bond donors (Lipinski definition) is 0. The van der Waals surface area contributed by atoms with Crippen molar-refractivity contribution in [2.45, 2.75) is 0 Å². The number of rotatable bonds is 2. The summed E-state index contributed by atoms with van der Waals surface area (Å²) in [4.78, 5) is 17.2. The highest BCUT2D eigenvalue weighted by Crippen LogP contribution is 2.30. The van der Waals surface area contributed by atoms with Gasteiger partial charge in [-0.25, -0.2) is 4.98 Å². The number of pyridine rings is 1. The van der Waals surface area contributed by atoms with E-state index >= 15 is 0 Å². The first-order valence-corrected chi connectivity index (χ1v) is 7.15. The van der Waals surface area contributed by atoms with Crippen LogP contribution in [0.2, 0.25) is 0 Å². The Kier molecular flexibility index (Phi) is 2.44. The quantitative estimate of drug-likeness (QED) is 0.519. The van der Waals surface area contributed by atoms with Crippen LogP contribution in [0.3, 0.4) is 0 Å². The zero-order valence-electron chi connectivity index (χ0n) is 10.5. The SMILES string of the molecule is O=Cc1c(-c2cccs2)nc2c3ccccc3ccn12. The first kappa shape index (κ1) is 11.4. The maximum Gasteiger partial charge on any atom is 0.169 e. The van der Waals surface area contributed by atoms with Gasteiger partial charge in [-0.05, 0) is 22.9 Å². The van der Waals surface area contributed by atoms with Crippen molar-refractivity contribution < 1.29 is 4.79 Å². The molecule has 0 amide bonds. The Morgan fingerprint density at radius 2 is 2.00 bits per heavy atom. The van der Waals surface area contributed by atoms with Crippen LogP contribution in [0.4, 0.5) is 0 Å². The molecule has 3 nitrogen and oxygen atoms in total. The first-order valence-electron chi connectivity index (χ1n) is 6.27. The van der Waals surface area contributed by atoms with Crippen molar-refractivity contribution in [3.63, 3.8) is 0 Å². The van der Waals surface area contributed by atoms with Gasteiger partial charge in [-0.1, -0.05) is 30.3 Å². The molecule has 0 aliphatic carbocycles. The molecule has 3 heterocycles. The molecule has 0 bridgehead atoms. The molecule has 0 spiro atoms. The molecular weight excluding hydrogens is 268 g/mol. The van der Waals surface area contributed by atoms with Crippen LogP contribution in [0.1, 0.15) is 10.5 Å². The van der Waals surface area contributed by atoms with E-state index < -0.39 is 0 Å². The van der Waals surface area contributed by atoms with Gasteiger partial charge < -0.3 is 0 Å². The topological polar surface area (TPSA) is 34.4 Å². The van der Waals surface area contributed by atoms with Crippen molar-refractivity contribution in [1.82, 2.24) is 9.38 Å². The number of imidazole rings is 1. The second kappa shape index (κ2) is 4.28. The third-order valence-electron chi connectivity index (χ3n) is 3.42. The molecule has 0 aliphatic rings. The lowest BCUT2D eigenvalue weighted by molar-refractivity contribution is 0.111. The number of aromatic nitrogens is 2. The van der Waals surface area contributed by atoms with E-state index in [0.29, 0.717) is 5.69 Å². The van der Waals surface area contributed by atoms with E-state index in [1.165, 1.54) is 0 Å². The highest BCUT2D eigenvalue weighted by Gasteiger charge is 2.15. The number of nitrogens with zero attached hydrogens (tertiary/aromatic N) is 2. The van der Waals surface area contributed by atoms with E-state index in [9.17, 15) is 4.79 Å². The fourth-order valence-electron chi connectivity index (χ4n) is 2.49. The Balaban J connectivity index is 2.16. The van der Waals surface area contributed by atoms with Gasteiger partial charge in [0, 0.05) is 11.6 Å². The van der Waals surface area contributed by atoms with Crippen molar-refractivity contribution >= 4 is 34.0 Å². The first-order chi connectivity index (χ1) is 9.88. The summed E-state index contributed by atoms with van der Waals surface area (Å²) in [5.74, 6) is 0. The molecule has 4 heteroatoms. The predicted molar refractivity (Wildman–Crippen MR) is 81.4 cm³/mol. The van der Waals surface area contributed by atoms with Crippen LogP contribution in [0, 0.1) is 0 Å². The number of aldehydes is 1. The molecule has 0 unspecified atom stereocenters. The van der Waals surface area contributed by atoms with E-state index in [1.807, 2.05) is 52.4 Å². The van der Waals surface area contributed by atoms with Crippen LogP contribution in [0.5, 0.6) is 0 Å². The molecule has 4 rings (SSSR count). The summed E-state index contributed by atoms with van der Waals surface area (Å²) in [6.45, 7) is 0. The van der Waals surface area contributed by atoms with Gasteiger partial charge in [0.2, 0.25) is 0 Å². The van der Waals surface area contributed by atoms with Crippen molar-refractivity contribution in [2.24, 2.45) is 0 Å². The number of hydrogen-bond acceptors (Lipinski definition) is 3. The number of carbonyl (C=O) groups excluding carboxylic acids is 1. The maximum absolute atomic E-state index is 11.5. The van der Waals surface area contributed by atoms with Crippen LogP contribution >= 0.6 is 11.3 Å². The average Bonchev–Trinajstić information content (AvgIpc) is 3.13. The van der Waals surface area contributed by atoms with Crippen LogP contribution in [-0.2, 0) is 0 Å². The molecule has 4 aromatic rings. The van der Waals surface area contributed by atoms with Gasteiger partial charge in [-0.3, -0.25) is 9.20 Å². The fraction of sp³-hybridized carbons (Fsp3) is 0. The van der Waals surface area contributed by atoms with Gasteiger partial charge in [0.1, 0.15) is 17.0 Å². The van der Waals surface area contributed by atoms with E-state index in [1.54, 1.807) is 11.3 Å². The summed E-state index contributed by atoms with van der Waals surface area (Å²) in [5.41, 5.74) is 2.19. The molecular formula is C16H10N2OS. The Labute approximate surface area is 119 Å². The number of thiophene rings is 1. The Morgan fingerprint density at radius 1 is 1.10 bits per heavy atom. The molecule has 96 valence electrons. The second-order valence-corrected chi connectivity index (χ2v) is 5.49. The smallest absolute Gasteiger partial charge is 0.169 e. The standard InChI is InChI=1S/C16H10N2OS/c19-10-13-15(14-6-3-9-20-14)17-16-12-5-2-1-4-11(12)7-8-18(13)16/h1-10H. The van der Waals surface area contributed by atoms with Gasteiger partial charge in [0.15, 0.2) is 6.29 Å². The largest absolute Gasteiger partial charge is 0.296 e. The van der Waals surface area contributed by atoms with E-state index in [4.69, 9.17) is 4.98 Å². The third kappa shape index (κ3) is 1.52. The van der Waals surface area contributed by atoms with E-state index in [-0.39, 0.29) is 0 Å². The summed E-state index contributed by atoms with van der Waals surface area (Å²) in [5, 5.41) is 4.17. The Hall–Kier alpha value is -2.46. The van der Waals surface area contributed by atoms with E-state index in [2.05, 4.69) is 6.07 Å². The van der Waals surface area contributed by atoms with Crippen LogP contribution in [0.15, 0.2) is 54.0 Å². The number of fused-ring (bicyclic) bond motifs is 3. The lowest BCUT2D eigenvalue weighted by Gasteiger charge is -2.00. The zero-order valence-corrected chi connectivity index (χ0v) is 11.3. The van der Waals surface area contributed by atoms with Gasteiger partial charge in [-0.2, -0.15) is 0 Å². The normalized spacial score (nSPS) is 11.2. The summed E-state index contributed by atoms with van der Waals surface area (Å²) in [6, 6.07) is 14.0. The van der Waals surface area contributed by atoms with Crippen LogP contribution in [0.25, 0.3) is 27.0 Å². The third-order valence-corrected chi connectivity index (χ3v) is 4.30. The summed E-state index contributed by atoms with van der Waals surface area (Å²) in [6.07, 6.45) is 2.79. The van der Waals surface area contributed by atoms with Crippen LogP contribution < -0.4 is 0 Å². The van der Waals surface area contributed by atoms with Crippen molar-refractivity contribution in [1.29, 1.82) is 0 Å². The predicted octanol–water partition coefficient (Wildman–Crippen LogP) is 4.03. The molecule has 20 heavy (non-hydrogen) atoms. The van der Waals surface area contributed by atoms with Crippen molar-refractivity contribution in [3.8, 4) is 10.6 Å². The molecule has 0 saturated heterocycles. The highest BCUT2D eigenvalue weighted by molar-refractivity contribution is 7.13. The monoisotopic (exact) mass is 278 g/mol. The van der Waals surface area contributed by atoms with Gasteiger partial charge in [-0.15, -0.1) is 11.3 Å². The molecule has 0 aliphatic heterocycles. The minimum atomic E-state index is 0.605. The van der Waals surface area contributed by atoms with E-state index in [0.717, 1.165) is 33.3 Å². The average molecular weight is 278 g/mol. The number of carbonyl (C=O) groups is 1. The molecule has 3 aromatic heterocycles. The molecule has 0 fully saturated rings. The van der Waals surface area contributed by atoms with Gasteiger partial charge in [0.05, 0.1) is 4.88 Å². The minimum absolute atomic E-state index is 0.605. The highest BCUT2D eigenvalue weighted by atomic mass is 32.1. The molecule has 0 atom stereocenters. The zero-order chi connectivity index (χ0) is 13.5. The number of benzene rings is 1. The van der Waals surface area contributed by atoms with Gasteiger partial charge >= 0.3 is 0 Å². The van der Waals surface area contributed by atoms with Crippen molar-refractivity contribution in [2.75, 3.05) is 0 Å². The lowest BCUT2D eigenvalue weighted by atomic mass is 10.2. The van der Waals surface area contributed by atoms with Crippen LogP contribution in [-0.4, -0.2) is 15.7 Å². The van der Waals surface area contributed by atoms with Gasteiger partial charge in [0.25, 0.3) is 0 Å². The fourth-order valence-corrected chi connectivity index (χ4v) is 3.22. The minimum Gasteiger partial charge on any atom is -0.296 e. The lowest BCUT2D eigenvalue weighted by Crippen LogP contribution is -1.91. The Bertz CT molecular complexity index is 922. The molecule has 0 radical (unpaired) electrons. The Morgan fingerprint density at radius 3 is 2.80 bits per heavy atom. The molecule has 0 saturated carbocycles. The maximum atomic E-state index is 11.5. The second-order valence-electron chi connectivity index (χ2n) is 4.54. The summed E-state index contributed by atoms with van der Waals surface area (Å²) >= 11 is 1.59. The van der Waals surface area contributed by atoms with Crippen molar-refractivity contribution in [3.05, 3.63) is 59.7 Å². The summed E-state index contributed by atoms with van der Waals surface area (Å²) in [7, 11) is 0. The summed E-state index contributed by atoms with van der Waals surface area (Å²) < 4.78 is 1.87. The molecule has 1 aromatic carbocycles. The molecule has 0 N–H and O–H groups in total.